The minimum Gasteiger partial charge on any atom is -0.326 e. The maximum absolute atomic E-state index is 12.2. The van der Waals surface area contributed by atoms with E-state index in [0.29, 0.717) is 12.5 Å². The third kappa shape index (κ3) is 3.96. The predicted octanol–water partition coefficient (Wildman–Crippen LogP) is 2.67. The van der Waals surface area contributed by atoms with Gasteiger partial charge in [0.15, 0.2) is 0 Å². The highest BCUT2D eigenvalue weighted by Gasteiger charge is 2.27. The van der Waals surface area contributed by atoms with Gasteiger partial charge in [-0.05, 0) is 30.9 Å². The molecule has 1 aliphatic heterocycles. The van der Waals surface area contributed by atoms with E-state index in [1.807, 2.05) is 35.2 Å². The summed E-state index contributed by atoms with van der Waals surface area (Å²) in [5, 5.41) is 2.93. The molecule has 1 fully saturated rings. The first kappa shape index (κ1) is 13.9. The lowest BCUT2D eigenvalue weighted by atomic mass is 9.91. The van der Waals surface area contributed by atoms with Crippen molar-refractivity contribution in [2.45, 2.75) is 32.2 Å². The summed E-state index contributed by atoms with van der Waals surface area (Å²) in [4.78, 5) is 14.1. The number of piperidine rings is 1. The number of amides is 2. The van der Waals surface area contributed by atoms with Crippen LogP contribution in [0.25, 0.3) is 0 Å². The van der Waals surface area contributed by atoms with Crippen LogP contribution in [0.1, 0.15) is 26.2 Å². The van der Waals surface area contributed by atoms with Crippen molar-refractivity contribution in [3.8, 4) is 0 Å². The van der Waals surface area contributed by atoms with Crippen molar-refractivity contribution in [1.82, 2.24) is 4.90 Å². The molecule has 1 saturated heterocycles. The molecule has 2 amide bonds. The Hall–Kier alpha value is -1.55. The van der Waals surface area contributed by atoms with Gasteiger partial charge in [-0.15, -0.1) is 0 Å². The largest absolute Gasteiger partial charge is 0.326 e. The Morgan fingerprint density at radius 2 is 2.11 bits per heavy atom. The second-order valence-corrected chi connectivity index (χ2v) is 5.35. The normalized spacial score (nSPS) is 23.2. The van der Waals surface area contributed by atoms with Crippen molar-refractivity contribution >= 4 is 11.7 Å². The molecular weight excluding hydrogens is 238 g/mol. The maximum Gasteiger partial charge on any atom is 0.321 e. The molecule has 4 heteroatoms. The summed E-state index contributed by atoms with van der Waals surface area (Å²) in [6.07, 6.45) is 3.32. The van der Waals surface area contributed by atoms with Gasteiger partial charge in [0.25, 0.3) is 0 Å². The molecule has 104 valence electrons. The van der Waals surface area contributed by atoms with Gasteiger partial charge in [0.2, 0.25) is 0 Å². The molecule has 0 spiro atoms. The Morgan fingerprint density at radius 3 is 2.79 bits per heavy atom. The molecule has 0 radical (unpaired) electrons. The van der Waals surface area contributed by atoms with Crippen molar-refractivity contribution in [2.24, 2.45) is 11.7 Å². The zero-order chi connectivity index (χ0) is 13.7. The summed E-state index contributed by atoms with van der Waals surface area (Å²) in [5.41, 5.74) is 6.89. The first-order chi connectivity index (χ1) is 9.19. The molecule has 4 nitrogen and oxygen atoms in total. The molecule has 0 aliphatic carbocycles. The third-order valence-electron chi connectivity index (χ3n) is 3.58. The average molecular weight is 261 g/mol. The van der Waals surface area contributed by atoms with E-state index in [4.69, 9.17) is 5.73 Å². The van der Waals surface area contributed by atoms with E-state index in [9.17, 15) is 4.79 Å². The molecule has 2 rings (SSSR count). The van der Waals surface area contributed by atoms with Crippen LogP contribution in [0.2, 0.25) is 0 Å². The Kier molecular flexibility index (Phi) is 4.80. The van der Waals surface area contributed by atoms with Gasteiger partial charge in [0, 0.05) is 24.8 Å². The van der Waals surface area contributed by atoms with Crippen LogP contribution in [0.4, 0.5) is 10.5 Å². The molecule has 0 aromatic heterocycles. The lowest BCUT2D eigenvalue weighted by molar-refractivity contribution is 0.162. The number of rotatable bonds is 3. The molecule has 2 unspecified atom stereocenters. The topological polar surface area (TPSA) is 58.4 Å². The van der Waals surface area contributed by atoms with Crippen molar-refractivity contribution in [1.29, 1.82) is 0 Å². The quantitative estimate of drug-likeness (QED) is 0.879. The first-order valence-electron chi connectivity index (χ1n) is 7.05. The Labute approximate surface area is 115 Å². The minimum absolute atomic E-state index is 0.0394. The molecule has 1 aromatic carbocycles. The van der Waals surface area contributed by atoms with Gasteiger partial charge in [-0.3, -0.25) is 0 Å². The third-order valence-corrected chi connectivity index (χ3v) is 3.58. The summed E-state index contributed by atoms with van der Waals surface area (Å²) in [6, 6.07) is 9.61. The van der Waals surface area contributed by atoms with Crippen LogP contribution in [-0.2, 0) is 0 Å². The van der Waals surface area contributed by atoms with Gasteiger partial charge in [-0.1, -0.05) is 31.5 Å². The predicted molar refractivity (Wildman–Crippen MR) is 78.0 cm³/mol. The second kappa shape index (κ2) is 6.57. The summed E-state index contributed by atoms with van der Waals surface area (Å²) in [6.45, 7) is 3.65. The monoisotopic (exact) mass is 261 g/mol. The lowest BCUT2D eigenvalue weighted by Crippen LogP contribution is -2.50. The molecule has 0 saturated carbocycles. The molecule has 2 atom stereocenters. The highest BCUT2D eigenvalue weighted by atomic mass is 16.2. The molecule has 1 aromatic rings. The van der Waals surface area contributed by atoms with Gasteiger partial charge >= 0.3 is 6.03 Å². The zero-order valence-corrected chi connectivity index (χ0v) is 11.5. The van der Waals surface area contributed by atoms with Crippen LogP contribution in [0.3, 0.4) is 0 Å². The second-order valence-electron chi connectivity index (χ2n) is 5.35. The van der Waals surface area contributed by atoms with Crippen molar-refractivity contribution < 1.29 is 4.79 Å². The number of nitrogens with zero attached hydrogens (tertiary/aromatic N) is 1. The van der Waals surface area contributed by atoms with E-state index in [2.05, 4.69) is 12.2 Å². The summed E-state index contributed by atoms with van der Waals surface area (Å²) in [7, 11) is 0. The summed E-state index contributed by atoms with van der Waals surface area (Å²) in [5.74, 6) is 0.537. The fourth-order valence-corrected chi connectivity index (χ4v) is 2.75. The lowest BCUT2D eigenvalue weighted by Gasteiger charge is -2.36. The Bertz CT molecular complexity index is 407. The van der Waals surface area contributed by atoms with Crippen LogP contribution in [0, 0.1) is 5.92 Å². The Balaban J connectivity index is 1.94. The van der Waals surface area contributed by atoms with Crippen LogP contribution in [0.15, 0.2) is 30.3 Å². The van der Waals surface area contributed by atoms with Gasteiger partial charge in [-0.25, -0.2) is 4.79 Å². The van der Waals surface area contributed by atoms with Gasteiger partial charge < -0.3 is 16.0 Å². The zero-order valence-electron chi connectivity index (χ0n) is 11.5. The number of carbonyl (C=O) groups excluding carboxylic acids is 1. The van der Waals surface area contributed by atoms with Gasteiger partial charge in [0.05, 0.1) is 0 Å². The maximum atomic E-state index is 12.2. The smallest absolute Gasteiger partial charge is 0.321 e. The SMILES string of the molecule is CCCC1CC(N)CN(C(=O)Nc2ccccc2)C1. The molecular formula is C15H23N3O. The number of nitrogens with two attached hydrogens (primary N) is 1. The molecule has 1 aliphatic rings. The number of hydrogen-bond donors (Lipinski definition) is 2. The number of benzene rings is 1. The number of urea groups is 1. The standard InChI is InChI=1S/C15H23N3O/c1-2-6-12-9-13(16)11-18(10-12)15(19)17-14-7-4-3-5-8-14/h3-5,7-8,12-13H,2,6,9-11,16H2,1H3,(H,17,19). The fourth-order valence-electron chi connectivity index (χ4n) is 2.75. The molecule has 0 bridgehead atoms. The fraction of sp³-hybridized carbons (Fsp3) is 0.533. The van der Waals surface area contributed by atoms with Crippen molar-refractivity contribution in [3.05, 3.63) is 30.3 Å². The summed E-state index contributed by atoms with van der Waals surface area (Å²) < 4.78 is 0. The number of nitrogens with one attached hydrogen (secondary N) is 1. The van der Waals surface area contributed by atoms with Gasteiger partial charge in [0.1, 0.15) is 0 Å². The minimum atomic E-state index is -0.0394. The van der Waals surface area contributed by atoms with E-state index in [0.717, 1.165) is 31.5 Å². The number of hydrogen-bond acceptors (Lipinski definition) is 2. The Morgan fingerprint density at radius 1 is 1.37 bits per heavy atom. The highest BCUT2D eigenvalue weighted by Crippen LogP contribution is 2.21. The van der Waals surface area contributed by atoms with Crippen LogP contribution in [0.5, 0.6) is 0 Å². The van der Waals surface area contributed by atoms with Crippen LogP contribution < -0.4 is 11.1 Å². The van der Waals surface area contributed by atoms with Crippen LogP contribution >= 0.6 is 0 Å². The molecule has 3 N–H and O–H groups in total. The van der Waals surface area contributed by atoms with E-state index in [-0.39, 0.29) is 12.1 Å². The number of para-hydroxylation sites is 1. The van der Waals surface area contributed by atoms with Gasteiger partial charge in [-0.2, -0.15) is 0 Å². The molecule has 19 heavy (non-hydrogen) atoms. The van der Waals surface area contributed by atoms with E-state index < -0.39 is 0 Å². The van der Waals surface area contributed by atoms with Crippen LogP contribution in [-0.4, -0.2) is 30.1 Å². The number of likely N-dealkylation sites (tertiary alicyclic amines) is 1. The van der Waals surface area contributed by atoms with Crippen molar-refractivity contribution in [3.63, 3.8) is 0 Å². The summed E-state index contributed by atoms with van der Waals surface area (Å²) >= 11 is 0. The van der Waals surface area contributed by atoms with E-state index in [1.165, 1.54) is 0 Å². The van der Waals surface area contributed by atoms with Crippen molar-refractivity contribution in [2.75, 3.05) is 18.4 Å². The molecule has 1 heterocycles. The first-order valence-corrected chi connectivity index (χ1v) is 7.05. The highest BCUT2D eigenvalue weighted by molar-refractivity contribution is 5.89. The van der Waals surface area contributed by atoms with E-state index in [1.54, 1.807) is 0 Å². The number of anilines is 1. The average Bonchev–Trinajstić information content (AvgIpc) is 2.39. The van der Waals surface area contributed by atoms with E-state index >= 15 is 0 Å². The number of carbonyl (C=O) groups is 1.